The highest BCUT2D eigenvalue weighted by molar-refractivity contribution is 6.90. The maximum atomic E-state index is 8.86. The molecule has 120 valence electrons. The van der Waals surface area contributed by atoms with Gasteiger partial charge in [-0.2, -0.15) is 5.26 Å². The van der Waals surface area contributed by atoms with E-state index < -0.39 is 16.3 Å². The van der Waals surface area contributed by atoms with Crippen LogP contribution in [0.4, 0.5) is 5.69 Å². The smallest absolute Gasteiger partial charge is 0.152 e. The van der Waals surface area contributed by atoms with Gasteiger partial charge >= 0.3 is 0 Å². The predicted octanol–water partition coefficient (Wildman–Crippen LogP) is 4.34. The lowest BCUT2D eigenvalue weighted by Crippen LogP contribution is -2.51. The molecule has 2 aromatic rings. The number of aromatic nitrogens is 1. The van der Waals surface area contributed by atoms with E-state index in [0.717, 1.165) is 5.69 Å². The van der Waals surface area contributed by atoms with Gasteiger partial charge in [0.2, 0.25) is 0 Å². The highest BCUT2D eigenvalue weighted by Crippen LogP contribution is 2.16. The van der Waals surface area contributed by atoms with Gasteiger partial charge in [-0.25, -0.2) is 0 Å². The summed E-state index contributed by atoms with van der Waals surface area (Å²) in [5.41, 5.74) is 2.73. The summed E-state index contributed by atoms with van der Waals surface area (Å²) >= 11 is 0. The highest BCUT2D eigenvalue weighted by atomic mass is 28.3. The number of rotatable bonds is 4. The number of nitrogens with zero attached hydrogens (tertiary/aromatic N) is 3. The van der Waals surface area contributed by atoms with Crippen LogP contribution in [0.5, 0.6) is 0 Å². The molecule has 0 fully saturated rings. The molecule has 0 aliphatic carbocycles. The van der Waals surface area contributed by atoms with Crippen LogP contribution < -0.4 is 5.32 Å². The van der Waals surface area contributed by atoms with Crippen molar-refractivity contribution in [3.8, 4) is 6.07 Å². The van der Waals surface area contributed by atoms with Crippen LogP contribution in [0.3, 0.4) is 0 Å². The Morgan fingerprint density at radius 3 is 2.04 bits per heavy atom. The molecule has 0 aliphatic heterocycles. The Morgan fingerprint density at radius 2 is 1.57 bits per heavy atom. The summed E-state index contributed by atoms with van der Waals surface area (Å²) in [4.78, 5) is 4.60. The van der Waals surface area contributed by atoms with E-state index in [2.05, 4.69) is 66.7 Å². The Hall–Kier alpha value is -1.91. The average Bonchev–Trinajstić information content (AvgIpc) is 2.90. The van der Waals surface area contributed by atoms with Crippen LogP contribution in [0.2, 0.25) is 39.3 Å². The molecule has 1 aromatic carbocycles. The monoisotopic (exact) mass is 339 g/mol. The molecule has 0 atom stereocenters. The fourth-order valence-electron chi connectivity index (χ4n) is 2.65. The number of hydrogen-bond donors (Lipinski definition) is 0. The number of nitriles is 1. The Kier molecular flexibility index (Phi) is 4.78. The van der Waals surface area contributed by atoms with Crippen molar-refractivity contribution >= 4 is 33.5 Å². The Morgan fingerprint density at radius 1 is 0.957 bits per heavy atom. The molecule has 2 rings (SSSR count). The van der Waals surface area contributed by atoms with Crippen LogP contribution in [0, 0.1) is 11.3 Å². The molecular weight excluding hydrogens is 314 g/mol. The first-order chi connectivity index (χ1) is 10.6. The number of benzene rings is 1. The molecule has 1 aromatic heterocycles. The highest BCUT2D eigenvalue weighted by Gasteiger charge is 2.28. The summed E-state index contributed by atoms with van der Waals surface area (Å²) in [7, 11) is -2.90. The molecule has 23 heavy (non-hydrogen) atoms. The van der Waals surface area contributed by atoms with Crippen LogP contribution in [0.25, 0.3) is 0 Å². The molecule has 3 nitrogen and oxygen atoms in total. The van der Waals surface area contributed by atoms with E-state index in [-0.39, 0.29) is 0 Å². The third-order valence-corrected chi connectivity index (χ3v) is 7.68. The molecule has 0 radical (unpaired) electrons. The minimum Gasteiger partial charge on any atom is -0.375 e. The number of aliphatic imine (C=N–C) groups is 1. The fourth-order valence-corrected chi connectivity index (χ4v) is 7.75. The van der Waals surface area contributed by atoms with Crippen LogP contribution in [-0.2, 0) is 0 Å². The molecule has 0 N–H and O–H groups in total. The fraction of sp³-hybridized carbons (Fsp3) is 0.333. The van der Waals surface area contributed by atoms with Crippen LogP contribution in [0.15, 0.2) is 41.4 Å². The Labute approximate surface area is 141 Å². The van der Waals surface area contributed by atoms with Gasteiger partial charge in [0.25, 0.3) is 0 Å². The van der Waals surface area contributed by atoms with Crippen molar-refractivity contribution in [3.05, 3.63) is 47.7 Å². The lowest BCUT2D eigenvalue weighted by atomic mass is 10.2. The zero-order valence-electron chi connectivity index (χ0n) is 14.9. The van der Waals surface area contributed by atoms with Crippen molar-refractivity contribution in [2.45, 2.75) is 39.3 Å². The van der Waals surface area contributed by atoms with Gasteiger partial charge in [0.05, 0.1) is 37.3 Å². The van der Waals surface area contributed by atoms with E-state index >= 15 is 0 Å². The second-order valence-electron chi connectivity index (χ2n) is 7.82. The largest absolute Gasteiger partial charge is 0.375 e. The van der Waals surface area contributed by atoms with Crippen LogP contribution in [0.1, 0.15) is 11.3 Å². The van der Waals surface area contributed by atoms with Crippen molar-refractivity contribution < 1.29 is 0 Å². The van der Waals surface area contributed by atoms with Gasteiger partial charge < -0.3 is 4.23 Å². The van der Waals surface area contributed by atoms with Crippen LogP contribution in [-0.4, -0.2) is 26.8 Å². The molecular formula is C18H25N3Si2. The van der Waals surface area contributed by atoms with Gasteiger partial charge in [-0.3, -0.25) is 4.99 Å². The molecule has 0 aliphatic rings. The molecule has 5 heteroatoms. The van der Waals surface area contributed by atoms with Crippen molar-refractivity contribution in [1.82, 2.24) is 4.23 Å². The quantitative estimate of drug-likeness (QED) is 0.603. The summed E-state index contributed by atoms with van der Waals surface area (Å²) < 4.78 is 2.55. The maximum absolute atomic E-state index is 8.86. The van der Waals surface area contributed by atoms with Gasteiger partial charge in [0.1, 0.15) is 0 Å². The first kappa shape index (κ1) is 17.4. The van der Waals surface area contributed by atoms with E-state index in [1.807, 2.05) is 18.3 Å². The minimum absolute atomic E-state index is 0.662. The Balaban J connectivity index is 2.42. The van der Waals surface area contributed by atoms with E-state index in [1.165, 1.54) is 11.0 Å². The normalized spacial score (nSPS) is 12.6. The van der Waals surface area contributed by atoms with E-state index in [0.29, 0.717) is 5.56 Å². The molecule has 0 bridgehead atoms. The van der Waals surface area contributed by atoms with Gasteiger partial charge in [-0.1, -0.05) is 39.3 Å². The third kappa shape index (κ3) is 4.09. The zero-order valence-corrected chi connectivity index (χ0v) is 16.9. The predicted molar refractivity (Wildman–Crippen MR) is 105 cm³/mol. The third-order valence-electron chi connectivity index (χ3n) is 3.69. The lowest BCUT2D eigenvalue weighted by molar-refractivity contribution is 1.16. The topological polar surface area (TPSA) is 41.1 Å². The summed E-state index contributed by atoms with van der Waals surface area (Å²) in [6, 6.07) is 14.0. The second-order valence-corrected chi connectivity index (χ2v) is 17.6. The Bertz CT molecular complexity index is 752. The maximum Gasteiger partial charge on any atom is 0.152 e. The molecule has 0 spiro atoms. The summed E-state index contributed by atoms with van der Waals surface area (Å²) in [5.74, 6) is 0. The SMILES string of the molecule is C[Si](C)(C)c1ccc(/C=N/c2ccc(C#N)cc2)n1[Si](C)(C)C. The second kappa shape index (κ2) is 6.30. The molecule has 1 heterocycles. The average molecular weight is 340 g/mol. The van der Waals surface area contributed by atoms with E-state index in [1.54, 1.807) is 12.1 Å². The van der Waals surface area contributed by atoms with E-state index in [4.69, 9.17) is 5.26 Å². The summed E-state index contributed by atoms with van der Waals surface area (Å²) in [6.07, 6.45) is 1.96. The molecule has 0 amide bonds. The van der Waals surface area contributed by atoms with E-state index in [9.17, 15) is 0 Å². The summed E-state index contributed by atoms with van der Waals surface area (Å²) in [6.45, 7) is 14.3. The summed E-state index contributed by atoms with van der Waals surface area (Å²) in [5, 5.41) is 10.4. The van der Waals surface area contributed by atoms with Gasteiger partial charge in [-0.15, -0.1) is 0 Å². The first-order valence-electron chi connectivity index (χ1n) is 7.90. The molecule has 0 saturated carbocycles. The van der Waals surface area contributed by atoms with Crippen LogP contribution >= 0.6 is 0 Å². The molecule has 0 saturated heterocycles. The standard InChI is InChI=1S/C18H25N3Si2/c1-22(2,3)18-12-11-17(21(18)23(4,5)6)14-20-16-9-7-15(13-19)8-10-16/h7-12,14H,1-6H3/b20-14+. The van der Waals surface area contributed by atoms with Gasteiger partial charge in [0, 0.05) is 0 Å². The lowest BCUT2D eigenvalue weighted by Gasteiger charge is -2.29. The zero-order chi connectivity index (χ0) is 17.3. The van der Waals surface area contributed by atoms with Gasteiger partial charge in [0.15, 0.2) is 8.24 Å². The number of hydrogen-bond acceptors (Lipinski definition) is 2. The first-order valence-corrected chi connectivity index (χ1v) is 14.8. The van der Waals surface area contributed by atoms with Gasteiger partial charge in [-0.05, 0) is 41.7 Å². The minimum atomic E-state index is -1.52. The van der Waals surface area contributed by atoms with Crippen molar-refractivity contribution in [2.75, 3.05) is 0 Å². The molecule has 0 unspecified atom stereocenters. The van der Waals surface area contributed by atoms with Crippen molar-refractivity contribution in [2.24, 2.45) is 4.99 Å². The van der Waals surface area contributed by atoms with Crippen molar-refractivity contribution in [1.29, 1.82) is 5.26 Å². The van der Waals surface area contributed by atoms with Crippen molar-refractivity contribution in [3.63, 3.8) is 0 Å².